The van der Waals surface area contributed by atoms with Gasteiger partial charge in [0, 0.05) is 62.9 Å². The van der Waals surface area contributed by atoms with Crippen LogP contribution in [0.2, 0.25) is 0 Å². The van der Waals surface area contributed by atoms with Gasteiger partial charge in [0.15, 0.2) is 0 Å². The number of benzene rings is 1. The summed E-state index contributed by atoms with van der Waals surface area (Å²) in [5.74, 6) is 1.72. The second-order valence-corrected chi connectivity index (χ2v) is 8.77. The molecule has 4 aromatic rings. The molecule has 1 saturated carbocycles. The van der Waals surface area contributed by atoms with Crippen LogP contribution in [0.15, 0.2) is 30.6 Å². The fraction of sp³-hybridized carbons (Fsp3) is 0.391. The van der Waals surface area contributed by atoms with E-state index in [1.165, 1.54) is 18.7 Å². The first-order valence-corrected chi connectivity index (χ1v) is 11.1. The Morgan fingerprint density at radius 1 is 1.12 bits per heavy atom. The number of nitrogens with zero attached hydrogens (tertiary/aromatic N) is 7. The number of nitrogens with one attached hydrogen (secondary N) is 1. The van der Waals surface area contributed by atoms with Gasteiger partial charge in [-0.15, -0.1) is 0 Å². The van der Waals surface area contributed by atoms with Crippen molar-refractivity contribution in [3.8, 4) is 22.5 Å². The lowest BCUT2D eigenvalue weighted by Crippen LogP contribution is -2.43. The Morgan fingerprint density at radius 3 is 2.69 bits per heavy atom. The maximum absolute atomic E-state index is 12.3. The third-order valence-corrected chi connectivity index (χ3v) is 6.58. The van der Waals surface area contributed by atoms with E-state index in [0.29, 0.717) is 19.0 Å². The molecule has 32 heavy (non-hydrogen) atoms. The zero-order chi connectivity index (χ0) is 22.0. The number of imidazole rings is 1. The first kappa shape index (κ1) is 19.1. The highest BCUT2D eigenvalue weighted by atomic mass is 16.2. The highest BCUT2D eigenvalue weighted by Gasteiger charge is 2.34. The van der Waals surface area contributed by atoms with Crippen LogP contribution >= 0.6 is 0 Å². The first-order valence-electron chi connectivity index (χ1n) is 11.1. The van der Waals surface area contributed by atoms with E-state index in [4.69, 9.17) is 10.1 Å². The molecule has 1 fully saturated rings. The van der Waals surface area contributed by atoms with Crippen molar-refractivity contribution in [2.75, 3.05) is 13.6 Å². The normalized spacial score (nSPS) is 15.9. The lowest BCUT2D eigenvalue weighted by atomic mass is 10.0. The van der Waals surface area contributed by atoms with E-state index in [1.54, 1.807) is 11.7 Å². The summed E-state index contributed by atoms with van der Waals surface area (Å²) in [5, 5.41) is 12.9. The molecule has 1 aliphatic carbocycles. The number of amides is 2. The van der Waals surface area contributed by atoms with Gasteiger partial charge in [-0.05, 0) is 25.0 Å². The standard InChI is InChI=1S/C23H26N8O/c1-24-23(32)30-8-9-31-19(13-30)21(26-22(31)14-4-5-14)15-6-7-18-17(10-15)20(27-29(18)3)16-11-25-28(2)12-16/h6-7,10-12,14H,4-5,8-9,13H2,1-3H3,(H,24,32). The minimum Gasteiger partial charge on any atom is -0.341 e. The van der Waals surface area contributed by atoms with Crippen molar-refractivity contribution in [3.05, 3.63) is 42.1 Å². The molecule has 0 atom stereocenters. The number of hydrogen-bond donors (Lipinski definition) is 1. The molecule has 0 saturated heterocycles. The van der Waals surface area contributed by atoms with Crippen LogP contribution in [-0.4, -0.2) is 53.6 Å². The van der Waals surface area contributed by atoms with E-state index in [-0.39, 0.29) is 6.03 Å². The van der Waals surface area contributed by atoms with Gasteiger partial charge in [0.2, 0.25) is 0 Å². The number of rotatable bonds is 3. The van der Waals surface area contributed by atoms with E-state index >= 15 is 0 Å². The van der Waals surface area contributed by atoms with Crippen LogP contribution in [0.5, 0.6) is 0 Å². The van der Waals surface area contributed by atoms with E-state index < -0.39 is 0 Å². The maximum atomic E-state index is 12.3. The van der Waals surface area contributed by atoms with Gasteiger partial charge in [0.05, 0.1) is 29.6 Å². The molecule has 4 heterocycles. The van der Waals surface area contributed by atoms with Gasteiger partial charge in [-0.25, -0.2) is 9.78 Å². The summed E-state index contributed by atoms with van der Waals surface area (Å²) >= 11 is 0. The van der Waals surface area contributed by atoms with Crippen LogP contribution in [0.25, 0.3) is 33.4 Å². The maximum Gasteiger partial charge on any atom is 0.317 e. The monoisotopic (exact) mass is 430 g/mol. The van der Waals surface area contributed by atoms with Crippen LogP contribution in [0.4, 0.5) is 4.79 Å². The average Bonchev–Trinajstić information content (AvgIpc) is 3.32. The van der Waals surface area contributed by atoms with Gasteiger partial charge in [-0.2, -0.15) is 10.2 Å². The van der Waals surface area contributed by atoms with E-state index in [2.05, 4.69) is 33.2 Å². The number of urea groups is 1. The molecule has 1 aliphatic heterocycles. The Hall–Kier alpha value is -3.62. The number of fused-ring (bicyclic) bond motifs is 2. The second kappa shape index (κ2) is 6.94. The Labute approximate surface area is 185 Å². The summed E-state index contributed by atoms with van der Waals surface area (Å²) in [6.07, 6.45) is 6.22. The van der Waals surface area contributed by atoms with Gasteiger partial charge in [0.1, 0.15) is 11.5 Å². The topological polar surface area (TPSA) is 85.8 Å². The predicted octanol–water partition coefficient (Wildman–Crippen LogP) is 2.87. The van der Waals surface area contributed by atoms with Crippen molar-refractivity contribution < 1.29 is 4.79 Å². The molecule has 9 heteroatoms. The summed E-state index contributed by atoms with van der Waals surface area (Å²) in [6.45, 7) is 2.06. The fourth-order valence-corrected chi connectivity index (χ4v) is 4.78. The van der Waals surface area contributed by atoms with Gasteiger partial charge in [-0.1, -0.05) is 6.07 Å². The molecule has 0 spiro atoms. The van der Waals surface area contributed by atoms with E-state index in [9.17, 15) is 4.79 Å². The van der Waals surface area contributed by atoms with Crippen LogP contribution in [-0.2, 0) is 27.2 Å². The zero-order valence-electron chi connectivity index (χ0n) is 18.5. The van der Waals surface area contributed by atoms with Crippen LogP contribution < -0.4 is 5.32 Å². The molecular weight excluding hydrogens is 404 g/mol. The Kier molecular flexibility index (Phi) is 4.14. The van der Waals surface area contributed by atoms with Crippen molar-refractivity contribution in [2.24, 2.45) is 14.1 Å². The molecule has 1 N–H and O–H groups in total. The molecular formula is C23H26N8O. The molecule has 0 bridgehead atoms. The van der Waals surface area contributed by atoms with Crippen LogP contribution in [0, 0.1) is 0 Å². The van der Waals surface area contributed by atoms with E-state index in [0.717, 1.165) is 45.7 Å². The highest BCUT2D eigenvalue weighted by molar-refractivity contribution is 5.95. The zero-order valence-corrected chi connectivity index (χ0v) is 18.5. The molecule has 1 aromatic carbocycles. The number of carbonyl (C=O) groups excluding carboxylic acids is 1. The van der Waals surface area contributed by atoms with Crippen molar-refractivity contribution in [3.63, 3.8) is 0 Å². The van der Waals surface area contributed by atoms with Gasteiger partial charge in [0.25, 0.3) is 0 Å². The quantitative estimate of drug-likeness (QED) is 0.542. The van der Waals surface area contributed by atoms with Crippen molar-refractivity contribution in [2.45, 2.75) is 31.8 Å². The molecule has 164 valence electrons. The number of aryl methyl sites for hydroxylation is 2. The van der Waals surface area contributed by atoms with Crippen molar-refractivity contribution >= 4 is 16.9 Å². The van der Waals surface area contributed by atoms with Gasteiger partial charge < -0.3 is 14.8 Å². The largest absolute Gasteiger partial charge is 0.341 e. The third kappa shape index (κ3) is 2.91. The summed E-state index contributed by atoms with van der Waals surface area (Å²) in [6, 6.07) is 6.37. The summed E-state index contributed by atoms with van der Waals surface area (Å²) < 4.78 is 6.05. The molecule has 6 rings (SSSR count). The summed E-state index contributed by atoms with van der Waals surface area (Å²) in [5.41, 5.74) is 6.13. The first-order chi connectivity index (χ1) is 15.5. The van der Waals surface area contributed by atoms with Gasteiger partial charge >= 0.3 is 6.03 Å². The highest BCUT2D eigenvalue weighted by Crippen LogP contribution is 2.43. The lowest BCUT2D eigenvalue weighted by molar-refractivity contribution is 0.185. The summed E-state index contributed by atoms with van der Waals surface area (Å²) in [7, 11) is 5.56. The molecule has 0 unspecified atom stereocenters. The lowest BCUT2D eigenvalue weighted by Gasteiger charge is -2.29. The number of aromatic nitrogens is 6. The average molecular weight is 431 g/mol. The predicted molar refractivity (Wildman–Crippen MR) is 121 cm³/mol. The Balaban J connectivity index is 1.50. The molecule has 0 radical (unpaired) electrons. The van der Waals surface area contributed by atoms with Crippen LogP contribution in [0.3, 0.4) is 0 Å². The molecule has 2 aliphatic rings. The minimum atomic E-state index is -0.0436. The SMILES string of the molecule is CNC(=O)N1CCn2c(C3CC3)nc(-c3ccc4c(c3)c(-c3cnn(C)c3)nn4C)c2C1. The number of hydrogen-bond acceptors (Lipinski definition) is 4. The Morgan fingerprint density at radius 2 is 1.97 bits per heavy atom. The molecule has 9 nitrogen and oxygen atoms in total. The minimum absolute atomic E-state index is 0.0436. The van der Waals surface area contributed by atoms with E-state index in [1.807, 2.05) is 36.1 Å². The van der Waals surface area contributed by atoms with Crippen LogP contribution in [0.1, 0.15) is 30.3 Å². The molecule has 2 amide bonds. The molecule has 3 aromatic heterocycles. The number of carbonyl (C=O) groups is 1. The van der Waals surface area contributed by atoms with Crippen molar-refractivity contribution in [1.29, 1.82) is 0 Å². The van der Waals surface area contributed by atoms with Gasteiger partial charge in [-0.3, -0.25) is 9.36 Å². The second-order valence-electron chi connectivity index (χ2n) is 8.77. The smallest absolute Gasteiger partial charge is 0.317 e. The summed E-state index contributed by atoms with van der Waals surface area (Å²) in [4.78, 5) is 19.3. The third-order valence-electron chi connectivity index (χ3n) is 6.58. The fourth-order valence-electron chi connectivity index (χ4n) is 4.78. The Bertz CT molecular complexity index is 1360. The van der Waals surface area contributed by atoms with Crippen molar-refractivity contribution in [1.82, 2.24) is 39.3 Å².